The van der Waals surface area contributed by atoms with Gasteiger partial charge in [-0.1, -0.05) is 17.7 Å². The van der Waals surface area contributed by atoms with E-state index < -0.39 is 11.9 Å². The first kappa shape index (κ1) is 18.9. The summed E-state index contributed by atoms with van der Waals surface area (Å²) in [7, 11) is 0. The minimum atomic E-state index is -4.61. The Morgan fingerprint density at radius 1 is 1.32 bits per heavy atom. The van der Waals surface area contributed by atoms with Gasteiger partial charge in [0.1, 0.15) is 10.8 Å². The molecule has 3 aromatic rings. The van der Waals surface area contributed by atoms with Crippen LogP contribution in [0.5, 0.6) is 0 Å². The molecule has 1 N–H and O–H groups in total. The lowest BCUT2D eigenvalue weighted by atomic mass is 10.1. The molecule has 10 heteroatoms. The molecule has 148 valence electrons. The van der Waals surface area contributed by atoms with Crippen LogP contribution in [-0.2, 0) is 12.7 Å². The van der Waals surface area contributed by atoms with Crippen molar-refractivity contribution in [2.75, 3.05) is 6.61 Å². The molecule has 0 aromatic carbocycles. The maximum Gasteiger partial charge on any atom is 0.435 e. The van der Waals surface area contributed by atoms with E-state index in [1.54, 1.807) is 6.07 Å². The van der Waals surface area contributed by atoms with Gasteiger partial charge in [-0.05, 0) is 30.9 Å². The fraction of sp³-hybridized carbons (Fsp3) is 0.389. The molecule has 1 aliphatic rings. The second-order valence-corrected chi connectivity index (χ2v) is 7.36. The SMILES string of the molecule is Cc1ccc2nc(Cn3nc(C(F)(F)F)cc3Cl)cc(=O)n2c1[C@H]1CC1CO. The average Bonchev–Trinajstić information content (AvgIpc) is 3.30. The van der Waals surface area contributed by atoms with Gasteiger partial charge in [0.2, 0.25) is 0 Å². The highest BCUT2D eigenvalue weighted by Gasteiger charge is 2.40. The van der Waals surface area contributed by atoms with Crippen LogP contribution < -0.4 is 5.56 Å². The van der Waals surface area contributed by atoms with Crippen LogP contribution in [0.15, 0.2) is 29.1 Å². The van der Waals surface area contributed by atoms with Gasteiger partial charge in [-0.25, -0.2) is 9.67 Å². The smallest absolute Gasteiger partial charge is 0.396 e. The van der Waals surface area contributed by atoms with E-state index in [1.165, 1.54) is 10.5 Å². The van der Waals surface area contributed by atoms with Crippen molar-refractivity contribution < 1.29 is 18.3 Å². The van der Waals surface area contributed by atoms with Crippen LogP contribution in [0.25, 0.3) is 5.65 Å². The molecule has 1 saturated carbocycles. The molecular formula is C18H16ClF3N4O2. The summed E-state index contributed by atoms with van der Waals surface area (Å²) >= 11 is 5.85. The van der Waals surface area contributed by atoms with Crippen molar-refractivity contribution in [3.8, 4) is 0 Å². The number of hydrogen-bond acceptors (Lipinski definition) is 4. The molecule has 6 nitrogen and oxygen atoms in total. The van der Waals surface area contributed by atoms with Crippen LogP contribution >= 0.6 is 11.6 Å². The van der Waals surface area contributed by atoms with Gasteiger partial charge < -0.3 is 5.11 Å². The summed E-state index contributed by atoms with van der Waals surface area (Å²) in [6.07, 6.45) is -3.81. The van der Waals surface area contributed by atoms with Gasteiger partial charge in [0.15, 0.2) is 5.69 Å². The molecule has 0 aliphatic heterocycles. The lowest BCUT2D eigenvalue weighted by Crippen LogP contribution is -2.21. The predicted molar refractivity (Wildman–Crippen MR) is 95.5 cm³/mol. The summed E-state index contributed by atoms with van der Waals surface area (Å²) in [5.41, 5.74) is 0.962. The van der Waals surface area contributed by atoms with Crippen LogP contribution in [0.1, 0.15) is 35.0 Å². The molecule has 3 heterocycles. The first-order chi connectivity index (χ1) is 13.2. The third-order valence-corrected chi connectivity index (χ3v) is 5.27. The van der Waals surface area contributed by atoms with Gasteiger partial charge >= 0.3 is 6.18 Å². The lowest BCUT2D eigenvalue weighted by molar-refractivity contribution is -0.141. The van der Waals surface area contributed by atoms with Crippen molar-refractivity contribution in [2.24, 2.45) is 5.92 Å². The second-order valence-electron chi connectivity index (χ2n) is 6.97. The highest BCUT2D eigenvalue weighted by Crippen LogP contribution is 2.47. The number of aliphatic hydroxyl groups excluding tert-OH is 1. The Bertz CT molecular complexity index is 1120. The molecule has 28 heavy (non-hydrogen) atoms. The zero-order valence-corrected chi connectivity index (χ0v) is 15.5. The number of halogens is 4. The quantitative estimate of drug-likeness (QED) is 0.715. The molecule has 0 spiro atoms. The van der Waals surface area contributed by atoms with Gasteiger partial charge in [0.25, 0.3) is 5.56 Å². The third-order valence-electron chi connectivity index (χ3n) is 4.97. The van der Waals surface area contributed by atoms with E-state index in [9.17, 15) is 23.1 Å². The first-order valence-electron chi connectivity index (χ1n) is 8.62. The summed E-state index contributed by atoms with van der Waals surface area (Å²) < 4.78 is 40.9. The zero-order valence-electron chi connectivity index (χ0n) is 14.7. The Kier molecular flexibility index (Phi) is 4.46. The minimum Gasteiger partial charge on any atom is -0.396 e. The lowest BCUT2D eigenvalue weighted by Gasteiger charge is -2.12. The molecule has 3 aromatic heterocycles. The number of aryl methyl sites for hydroxylation is 1. The molecule has 0 saturated heterocycles. The van der Waals surface area contributed by atoms with E-state index in [1.807, 2.05) is 13.0 Å². The number of alkyl halides is 3. The van der Waals surface area contributed by atoms with Crippen molar-refractivity contribution in [2.45, 2.75) is 32.0 Å². The zero-order chi connectivity index (χ0) is 20.2. The van der Waals surface area contributed by atoms with Crippen LogP contribution in [0.4, 0.5) is 13.2 Å². The van der Waals surface area contributed by atoms with Crippen molar-refractivity contribution in [1.82, 2.24) is 19.2 Å². The number of rotatable bonds is 4. The van der Waals surface area contributed by atoms with E-state index in [0.29, 0.717) is 5.65 Å². The number of hydrogen-bond donors (Lipinski definition) is 1. The molecule has 0 bridgehead atoms. The Balaban J connectivity index is 1.74. The van der Waals surface area contributed by atoms with Crippen LogP contribution in [0.2, 0.25) is 5.15 Å². The third kappa shape index (κ3) is 3.29. The van der Waals surface area contributed by atoms with Crippen LogP contribution in [0.3, 0.4) is 0 Å². The Morgan fingerprint density at radius 2 is 2.07 bits per heavy atom. The summed E-state index contributed by atoms with van der Waals surface area (Å²) in [6, 6.07) is 5.54. The molecular weight excluding hydrogens is 397 g/mol. The van der Waals surface area contributed by atoms with Crippen molar-refractivity contribution in [3.63, 3.8) is 0 Å². The average molecular weight is 413 g/mol. The first-order valence-corrected chi connectivity index (χ1v) is 9.00. The molecule has 1 unspecified atom stereocenters. The predicted octanol–water partition coefficient (Wildman–Crippen LogP) is 3.02. The van der Waals surface area contributed by atoms with Crippen LogP contribution in [-0.4, -0.2) is 30.9 Å². The van der Waals surface area contributed by atoms with E-state index in [0.717, 1.165) is 28.4 Å². The highest BCUT2D eigenvalue weighted by molar-refractivity contribution is 6.29. The molecule has 0 amide bonds. The number of aromatic nitrogens is 4. The summed E-state index contributed by atoms with van der Waals surface area (Å²) in [4.78, 5) is 17.2. The number of fused-ring (bicyclic) bond motifs is 1. The molecule has 1 fully saturated rings. The van der Waals surface area contributed by atoms with Gasteiger partial charge in [0, 0.05) is 30.4 Å². The van der Waals surface area contributed by atoms with E-state index >= 15 is 0 Å². The van der Waals surface area contributed by atoms with E-state index in [-0.39, 0.29) is 41.4 Å². The highest BCUT2D eigenvalue weighted by atomic mass is 35.5. The second kappa shape index (κ2) is 6.59. The fourth-order valence-electron chi connectivity index (χ4n) is 3.48. The normalized spacial score (nSPS) is 19.4. The number of nitrogens with zero attached hydrogens (tertiary/aromatic N) is 4. The largest absolute Gasteiger partial charge is 0.435 e. The molecule has 0 radical (unpaired) electrons. The molecule has 4 rings (SSSR count). The van der Waals surface area contributed by atoms with Crippen molar-refractivity contribution >= 4 is 17.2 Å². The molecule has 1 aliphatic carbocycles. The summed E-state index contributed by atoms with van der Waals surface area (Å²) in [5, 5.41) is 12.6. The van der Waals surface area contributed by atoms with Gasteiger partial charge in [-0.15, -0.1) is 0 Å². The fourth-order valence-corrected chi connectivity index (χ4v) is 3.69. The van der Waals surface area contributed by atoms with Crippen LogP contribution in [0, 0.1) is 12.8 Å². The topological polar surface area (TPSA) is 72.4 Å². The number of aliphatic hydroxyl groups is 1. The number of pyridine rings is 1. The molecule has 2 atom stereocenters. The van der Waals surface area contributed by atoms with Crippen molar-refractivity contribution in [3.05, 3.63) is 62.4 Å². The standard InChI is InChI=1S/C18H16ClF3N4O2/c1-9-2-3-15-23-11(7-25-14(19)6-13(24-25)18(20,21)22)5-16(28)26(15)17(9)12-4-10(12)8-27/h2-3,5-6,10,12,27H,4,7-8H2,1H3/t10?,12-/m0/s1. The van der Waals surface area contributed by atoms with Gasteiger partial charge in [0.05, 0.1) is 12.2 Å². The summed E-state index contributed by atoms with van der Waals surface area (Å²) in [6.45, 7) is 1.79. The maximum absolute atomic E-state index is 12.8. The van der Waals surface area contributed by atoms with Gasteiger partial charge in [-0.3, -0.25) is 9.20 Å². The van der Waals surface area contributed by atoms with Gasteiger partial charge in [-0.2, -0.15) is 18.3 Å². The monoisotopic (exact) mass is 412 g/mol. The van der Waals surface area contributed by atoms with Crippen molar-refractivity contribution in [1.29, 1.82) is 0 Å². The summed E-state index contributed by atoms with van der Waals surface area (Å²) in [5.74, 6) is 0.216. The Morgan fingerprint density at radius 3 is 2.68 bits per heavy atom. The maximum atomic E-state index is 12.8. The Hall–Kier alpha value is -2.39. The van der Waals surface area contributed by atoms with E-state index in [4.69, 9.17) is 11.6 Å². The minimum absolute atomic E-state index is 0.0556. The Labute approximate surface area is 162 Å². The van der Waals surface area contributed by atoms with E-state index in [2.05, 4.69) is 10.1 Å².